The molecule has 0 aliphatic heterocycles. The SMILES string of the molecule is Cc1ccc(-c2ccc(C=O)cn2)cn1. The minimum absolute atomic E-state index is 0.582. The third-order valence-electron chi connectivity index (χ3n) is 2.13. The van der Waals surface area contributed by atoms with Crippen molar-refractivity contribution in [1.82, 2.24) is 9.97 Å². The van der Waals surface area contributed by atoms with E-state index in [1.807, 2.05) is 25.1 Å². The van der Waals surface area contributed by atoms with E-state index in [0.717, 1.165) is 23.2 Å². The molecule has 3 heteroatoms. The molecule has 2 aromatic rings. The molecule has 0 spiro atoms. The van der Waals surface area contributed by atoms with Gasteiger partial charge in [0.15, 0.2) is 6.29 Å². The lowest BCUT2D eigenvalue weighted by Crippen LogP contribution is -1.88. The van der Waals surface area contributed by atoms with Gasteiger partial charge in [0.1, 0.15) is 0 Å². The van der Waals surface area contributed by atoms with E-state index in [1.165, 1.54) is 0 Å². The smallest absolute Gasteiger partial charge is 0.151 e. The second kappa shape index (κ2) is 4.00. The van der Waals surface area contributed by atoms with E-state index >= 15 is 0 Å². The minimum atomic E-state index is 0.582. The van der Waals surface area contributed by atoms with Gasteiger partial charge in [0, 0.05) is 29.2 Å². The summed E-state index contributed by atoms with van der Waals surface area (Å²) in [6.45, 7) is 1.94. The Labute approximate surface area is 87.8 Å². The highest BCUT2D eigenvalue weighted by atomic mass is 16.1. The largest absolute Gasteiger partial charge is 0.298 e. The topological polar surface area (TPSA) is 42.9 Å². The average Bonchev–Trinajstić information content (AvgIpc) is 2.30. The summed E-state index contributed by atoms with van der Waals surface area (Å²) in [6.07, 6.45) is 4.12. The number of nitrogens with zero attached hydrogens (tertiary/aromatic N) is 2. The van der Waals surface area contributed by atoms with Gasteiger partial charge in [-0.05, 0) is 31.2 Å². The molecule has 74 valence electrons. The maximum atomic E-state index is 10.4. The van der Waals surface area contributed by atoms with Gasteiger partial charge in [0.25, 0.3) is 0 Å². The molecule has 0 aliphatic carbocycles. The van der Waals surface area contributed by atoms with Gasteiger partial charge in [-0.1, -0.05) is 0 Å². The van der Waals surface area contributed by atoms with Gasteiger partial charge in [-0.25, -0.2) is 0 Å². The normalized spacial score (nSPS) is 9.93. The highest BCUT2D eigenvalue weighted by molar-refractivity contribution is 5.75. The molecule has 0 amide bonds. The number of aryl methyl sites for hydroxylation is 1. The van der Waals surface area contributed by atoms with Crippen molar-refractivity contribution in [2.45, 2.75) is 6.92 Å². The fourth-order valence-electron chi connectivity index (χ4n) is 1.27. The van der Waals surface area contributed by atoms with Crippen LogP contribution in [0.2, 0.25) is 0 Å². The van der Waals surface area contributed by atoms with Crippen molar-refractivity contribution in [1.29, 1.82) is 0 Å². The predicted molar refractivity (Wildman–Crippen MR) is 57.6 cm³/mol. The molecule has 0 unspecified atom stereocenters. The van der Waals surface area contributed by atoms with E-state index in [-0.39, 0.29) is 0 Å². The van der Waals surface area contributed by atoms with Crippen LogP contribution in [-0.2, 0) is 0 Å². The van der Waals surface area contributed by atoms with E-state index in [1.54, 1.807) is 18.5 Å². The first-order valence-electron chi connectivity index (χ1n) is 4.64. The number of aldehydes is 1. The van der Waals surface area contributed by atoms with E-state index in [4.69, 9.17) is 0 Å². The highest BCUT2D eigenvalue weighted by Crippen LogP contribution is 2.15. The Bertz CT molecular complexity index is 460. The lowest BCUT2D eigenvalue weighted by molar-refractivity contribution is 0.112. The van der Waals surface area contributed by atoms with Crippen molar-refractivity contribution in [2.24, 2.45) is 0 Å². The maximum absolute atomic E-state index is 10.4. The molecule has 2 heterocycles. The lowest BCUT2D eigenvalue weighted by atomic mass is 10.1. The zero-order chi connectivity index (χ0) is 10.7. The van der Waals surface area contributed by atoms with Crippen LogP contribution in [0.3, 0.4) is 0 Å². The minimum Gasteiger partial charge on any atom is -0.298 e. The van der Waals surface area contributed by atoms with Crippen LogP contribution in [0.5, 0.6) is 0 Å². The Morgan fingerprint density at radius 3 is 2.47 bits per heavy atom. The summed E-state index contributed by atoms with van der Waals surface area (Å²) >= 11 is 0. The third kappa shape index (κ3) is 2.07. The fraction of sp³-hybridized carbons (Fsp3) is 0.0833. The summed E-state index contributed by atoms with van der Waals surface area (Å²) in [5, 5.41) is 0. The van der Waals surface area contributed by atoms with E-state index in [9.17, 15) is 4.79 Å². The number of carbonyl (C=O) groups is 1. The Morgan fingerprint density at radius 1 is 1.07 bits per heavy atom. The van der Waals surface area contributed by atoms with Crippen molar-refractivity contribution in [3.63, 3.8) is 0 Å². The van der Waals surface area contributed by atoms with Gasteiger partial charge in [-0.2, -0.15) is 0 Å². The summed E-state index contributed by atoms with van der Waals surface area (Å²) < 4.78 is 0. The van der Waals surface area contributed by atoms with Gasteiger partial charge in [-0.15, -0.1) is 0 Å². The van der Waals surface area contributed by atoms with Crippen molar-refractivity contribution in [3.8, 4) is 11.3 Å². The molecule has 15 heavy (non-hydrogen) atoms. The molecule has 0 aromatic carbocycles. The first-order valence-corrected chi connectivity index (χ1v) is 4.64. The molecule has 0 bridgehead atoms. The summed E-state index contributed by atoms with van der Waals surface area (Å²) in [5.41, 5.74) is 3.34. The second-order valence-corrected chi connectivity index (χ2v) is 3.28. The van der Waals surface area contributed by atoms with Crippen LogP contribution in [0.4, 0.5) is 0 Å². The predicted octanol–water partition coefficient (Wildman–Crippen LogP) is 2.26. The van der Waals surface area contributed by atoms with Gasteiger partial charge in [0.2, 0.25) is 0 Å². The summed E-state index contributed by atoms with van der Waals surface area (Å²) in [6, 6.07) is 7.46. The van der Waals surface area contributed by atoms with Crippen molar-refractivity contribution in [3.05, 3.63) is 47.9 Å². The molecule has 0 atom stereocenters. The number of hydrogen-bond donors (Lipinski definition) is 0. The van der Waals surface area contributed by atoms with Crippen molar-refractivity contribution in [2.75, 3.05) is 0 Å². The number of aromatic nitrogens is 2. The molecule has 2 aromatic heterocycles. The summed E-state index contributed by atoms with van der Waals surface area (Å²) in [5.74, 6) is 0. The van der Waals surface area contributed by atoms with Crippen LogP contribution in [0.15, 0.2) is 36.7 Å². The molecule has 0 saturated heterocycles. The first kappa shape index (κ1) is 9.52. The molecule has 0 saturated carbocycles. The lowest BCUT2D eigenvalue weighted by Gasteiger charge is -2.00. The molecule has 3 nitrogen and oxygen atoms in total. The molecular formula is C12H10N2O. The van der Waals surface area contributed by atoms with E-state index in [2.05, 4.69) is 9.97 Å². The van der Waals surface area contributed by atoms with E-state index in [0.29, 0.717) is 5.56 Å². The van der Waals surface area contributed by atoms with Gasteiger partial charge >= 0.3 is 0 Å². The molecular weight excluding hydrogens is 188 g/mol. The Balaban J connectivity index is 2.37. The maximum Gasteiger partial charge on any atom is 0.151 e. The second-order valence-electron chi connectivity index (χ2n) is 3.28. The third-order valence-corrected chi connectivity index (χ3v) is 2.13. The zero-order valence-corrected chi connectivity index (χ0v) is 8.34. The van der Waals surface area contributed by atoms with Crippen molar-refractivity contribution >= 4 is 6.29 Å². The number of pyridine rings is 2. The van der Waals surface area contributed by atoms with Crippen LogP contribution in [0.25, 0.3) is 11.3 Å². The van der Waals surface area contributed by atoms with Crippen LogP contribution < -0.4 is 0 Å². The number of hydrogen-bond acceptors (Lipinski definition) is 3. The van der Waals surface area contributed by atoms with Crippen molar-refractivity contribution < 1.29 is 4.79 Å². The Hall–Kier alpha value is -2.03. The van der Waals surface area contributed by atoms with Crippen LogP contribution in [0, 0.1) is 6.92 Å². The van der Waals surface area contributed by atoms with Gasteiger partial charge in [0.05, 0.1) is 5.69 Å². The van der Waals surface area contributed by atoms with Gasteiger partial charge < -0.3 is 0 Å². The Morgan fingerprint density at radius 2 is 1.93 bits per heavy atom. The Kier molecular flexibility index (Phi) is 2.54. The first-order chi connectivity index (χ1) is 7.29. The fourth-order valence-corrected chi connectivity index (χ4v) is 1.27. The van der Waals surface area contributed by atoms with E-state index < -0.39 is 0 Å². The number of rotatable bonds is 2. The van der Waals surface area contributed by atoms with Crippen LogP contribution in [-0.4, -0.2) is 16.3 Å². The molecule has 0 aliphatic rings. The monoisotopic (exact) mass is 198 g/mol. The zero-order valence-electron chi connectivity index (χ0n) is 8.34. The molecule has 2 rings (SSSR count). The summed E-state index contributed by atoms with van der Waals surface area (Å²) in [4.78, 5) is 18.8. The average molecular weight is 198 g/mol. The highest BCUT2D eigenvalue weighted by Gasteiger charge is 1.99. The van der Waals surface area contributed by atoms with Crippen LogP contribution in [0.1, 0.15) is 16.1 Å². The summed E-state index contributed by atoms with van der Waals surface area (Å²) in [7, 11) is 0. The van der Waals surface area contributed by atoms with Gasteiger partial charge in [-0.3, -0.25) is 14.8 Å². The quantitative estimate of drug-likeness (QED) is 0.695. The standard InChI is InChI=1S/C12H10N2O/c1-9-2-4-11(7-13-9)12-5-3-10(8-15)6-14-12/h2-8H,1H3. The molecule has 0 radical (unpaired) electrons. The molecule has 0 fully saturated rings. The number of carbonyl (C=O) groups excluding carboxylic acids is 1. The van der Waals surface area contributed by atoms with Crippen LogP contribution >= 0.6 is 0 Å². The molecule has 0 N–H and O–H groups in total.